The Labute approximate surface area is 155 Å². The number of anilines is 1. The van der Waals surface area contributed by atoms with Crippen LogP contribution < -0.4 is 5.32 Å². The zero-order chi connectivity index (χ0) is 17.4. The Balaban J connectivity index is 2.05. The molecule has 130 valence electrons. The lowest BCUT2D eigenvalue weighted by molar-refractivity contribution is 0.267. The number of nitrogens with one attached hydrogen (secondary N) is 1. The van der Waals surface area contributed by atoms with E-state index in [0.29, 0.717) is 0 Å². The third kappa shape index (κ3) is 5.58. The first-order chi connectivity index (χ1) is 11.6. The molecule has 0 atom stereocenters. The minimum absolute atomic E-state index is 0.796. The fourth-order valence-corrected chi connectivity index (χ4v) is 3.54. The van der Waals surface area contributed by atoms with Crippen molar-refractivity contribution in [1.82, 2.24) is 9.80 Å². The Bertz CT molecular complexity index is 621. The first kappa shape index (κ1) is 18.9. The molecule has 1 heterocycles. The van der Waals surface area contributed by atoms with Gasteiger partial charge in [-0.25, -0.2) is 0 Å². The van der Waals surface area contributed by atoms with Gasteiger partial charge in [-0.05, 0) is 55.3 Å². The molecule has 0 aliphatic carbocycles. The van der Waals surface area contributed by atoms with E-state index in [4.69, 9.17) is 12.2 Å². The minimum atomic E-state index is 0.796. The third-order valence-electron chi connectivity index (χ3n) is 4.18. The number of nitrogens with zero attached hydrogens (tertiary/aromatic N) is 2. The van der Waals surface area contributed by atoms with E-state index in [1.165, 1.54) is 10.4 Å². The van der Waals surface area contributed by atoms with E-state index in [9.17, 15) is 0 Å². The van der Waals surface area contributed by atoms with E-state index >= 15 is 0 Å². The van der Waals surface area contributed by atoms with Crippen molar-refractivity contribution in [3.63, 3.8) is 0 Å². The van der Waals surface area contributed by atoms with Crippen molar-refractivity contribution in [3.05, 3.63) is 52.2 Å². The predicted molar refractivity (Wildman–Crippen MR) is 110 cm³/mol. The summed E-state index contributed by atoms with van der Waals surface area (Å²) >= 11 is 7.50. The topological polar surface area (TPSA) is 18.5 Å². The second kappa shape index (κ2) is 9.77. The maximum atomic E-state index is 5.72. The minimum Gasteiger partial charge on any atom is -0.343 e. The first-order valence-electron chi connectivity index (χ1n) is 8.50. The number of thiophene rings is 1. The van der Waals surface area contributed by atoms with Crippen LogP contribution in [0.2, 0.25) is 0 Å². The van der Waals surface area contributed by atoms with E-state index < -0.39 is 0 Å². The summed E-state index contributed by atoms with van der Waals surface area (Å²) in [7, 11) is 0. The number of aryl methyl sites for hydroxylation is 1. The second-order valence-electron chi connectivity index (χ2n) is 5.77. The number of hydrogen-bond donors (Lipinski definition) is 1. The Kier molecular flexibility index (Phi) is 7.69. The largest absolute Gasteiger partial charge is 0.343 e. The Morgan fingerprint density at radius 3 is 2.46 bits per heavy atom. The van der Waals surface area contributed by atoms with Gasteiger partial charge in [0.05, 0.1) is 6.54 Å². The van der Waals surface area contributed by atoms with Crippen LogP contribution >= 0.6 is 23.6 Å². The molecule has 0 unspecified atom stereocenters. The lowest BCUT2D eigenvalue weighted by Crippen LogP contribution is -2.40. The summed E-state index contributed by atoms with van der Waals surface area (Å²) in [5, 5.41) is 6.34. The van der Waals surface area contributed by atoms with Gasteiger partial charge in [0.2, 0.25) is 0 Å². The number of para-hydroxylation sites is 1. The van der Waals surface area contributed by atoms with E-state index in [1.807, 2.05) is 12.1 Å². The van der Waals surface area contributed by atoms with Crippen LogP contribution in [0.15, 0.2) is 41.8 Å². The molecule has 0 aliphatic heterocycles. The van der Waals surface area contributed by atoms with Gasteiger partial charge in [-0.2, -0.15) is 0 Å². The highest BCUT2D eigenvalue weighted by Gasteiger charge is 2.13. The van der Waals surface area contributed by atoms with E-state index in [0.717, 1.165) is 43.5 Å². The fraction of sp³-hybridized carbons (Fsp3) is 0.421. The zero-order valence-corrected chi connectivity index (χ0v) is 16.4. The van der Waals surface area contributed by atoms with Crippen LogP contribution in [-0.2, 0) is 6.54 Å². The maximum absolute atomic E-state index is 5.72. The second-order valence-corrected chi connectivity index (χ2v) is 7.19. The quantitative estimate of drug-likeness (QED) is 0.693. The van der Waals surface area contributed by atoms with Crippen molar-refractivity contribution in [3.8, 4) is 0 Å². The predicted octanol–water partition coefficient (Wildman–Crippen LogP) is 4.60. The van der Waals surface area contributed by atoms with Gasteiger partial charge in [0, 0.05) is 23.7 Å². The van der Waals surface area contributed by atoms with Crippen LogP contribution in [0.4, 0.5) is 5.69 Å². The molecule has 0 fully saturated rings. The van der Waals surface area contributed by atoms with Gasteiger partial charge in [0.25, 0.3) is 0 Å². The summed E-state index contributed by atoms with van der Waals surface area (Å²) in [4.78, 5) is 6.03. The van der Waals surface area contributed by atoms with Gasteiger partial charge in [-0.3, -0.25) is 0 Å². The molecule has 0 spiro atoms. The van der Waals surface area contributed by atoms with Gasteiger partial charge in [0.15, 0.2) is 5.11 Å². The van der Waals surface area contributed by atoms with Crippen LogP contribution in [-0.4, -0.2) is 41.1 Å². The lowest BCUT2D eigenvalue weighted by Gasteiger charge is -2.28. The molecular formula is C19H27N3S2. The van der Waals surface area contributed by atoms with Crippen molar-refractivity contribution in [2.75, 3.05) is 31.5 Å². The van der Waals surface area contributed by atoms with E-state index in [2.05, 4.69) is 65.5 Å². The molecule has 0 bridgehead atoms. The van der Waals surface area contributed by atoms with Crippen molar-refractivity contribution >= 4 is 34.4 Å². The average molecular weight is 362 g/mol. The number of thiocarbonyl (C=S) groups is 1. The number of benzene rings is 1. The lowest BCUT2D eigenvalue weighted by atomic mass is 10.2. The average Bonchev–Trinajstić information content (AvgIpc) is 3.09. The molecule has 5 heteroatoms. The molecule has 2 aromatic rings. The van der Waals surface area contributed by atoms with Crippen molar-refractivity contribution in [2.45, 2.75) is 27.3 Å². The van der Waals surface area contributed by atoms with Crippen LogP contribution in [0, 0.1) is 6.92 Å². The number of likely N-dealkylation sites (N-methyl/N-ethyl adjacent to an activating group) is 1. The molecule has 2 rings (SSSR count). The summed E-state index contributed by atoms with van der Waals surface area (Å²) in [6.45, 7) is 11.5. The summed E-state index contributed by atoms with van der Waals surface area (Å²) in [5.74, 6) is 0. The smallest absolute Gasteiger partial charge is 0.173 e. The number of rotatable bonds is 8. The molecule has 0 radical (unpaired) electrons. The van der Waals surface area contributed by atoms with Crippen molar-refractivity contribution in [1.29, 1.82) is 0 Å². The van der Waals surface area contributed by atoms with Crippen molar-refractivity contribution < 1.29 is 0 Å². The van der Waals surface area contributed by atoms with E-state index in [-0.39, 0.29) is 0 Å². The van der Waals surface area contributed by atoms with Crippen LogP contribution in [0.5, 0.6) is 0 Å². The molecule has 0 saturated carbocycles. The SMILES string of the molecule is CCN(CC)CCN(Cc1cccs1)C(=S)Nc1ccccc1C. The summed E-state index contributed by atoms with van der Waals surface area (Å²) in [5.41, 5.74) is 2.29. The fourth-order valence-electron chi connectivity index (χ4n) is 2.55. The Morgan fingerprint density at radius 1 is 1.08 bits per heavy atom. The van der Waals surface area contributed by atoms with Gasteiger partial charge < -0.3 is 15.1 Å². The molecule has 0 aliphatic rings. The first-order valence-corrected chi connectivity index (χ1v) is 9.79. The third-order valence-corrected chi connectivity index (χ3v) is 5.40. The Hall–Kier alpha value is -1.43. The van der Waals surface area contributed by atoms with Gasteiger partial charge in [-0.1, -0.05) is 38.1 Å². The molecular weight excluding hydrogens is 334 g/mol. The van der Waals surface area contributed by atoms with Crippen LogP contribution in [0.25, 0.3) is 0 Å². The van der Waals surface area contributed by atoms with Crippen molar-refractivity contribution in [2.24, 2.45) is 0 Å². The Morgan fingerprint density at radius 2 is 1.83 bits per heavy atom. The molecule has 0 amide bonds. The standard InChI is InChI=1S/C19H27N3S2/c1-4-21(5-2)12-13-22(15-17-10-8-14-24-17)19(23)20-18-11-7-6-9-16(18)3/h6-11,14H,4-5,12-13,15H2,1-3H3,(H,20,23). The van der Waals surface area contributed by atoms with Gasteiger partial charge in [-0.15, -0.1) is 11.3 Å². The van der Waals surface area contributed by atoms with Crippen LogP contribution in [0.3, 0.4) is 0 Å². The van der Waals surface area contributed by atoms with Crippen LogP contribution in [0.1, 0.15) is 24.3 Å². The summed E-state index contributed by atoms with van der Waals surface area (Å²) in [6.07, 6.45) is 0. The van der Waals surface area contributed by atoms with Gasteiger partial charge in [0.1, 0.15) is 0 Å². The number of hydrogen-bond acceptors (Lipinski definition) is 3. The van der Waals surface area contributed by atoms with E-state index in [1.54, 1.807) is 11.3 Å². The zero-order valence-electron chi connectivity index (χ0n) is 14.8. The molecule has 0 saturated heterocycles. The molecule has 3 nitrogen and oxygen atoms in total. The highest BCUT2D eigenvalue weighted by atomic mass is 32.1. The molecule has 24 heavy (non-hydrogen) atoms. The van der Waals surface area contributed by atoms with Gasteiger partial charge >= 0.3 is 0 Å². The summed E-state index contributed by atoms with van der Waals surface area (Å²) < 4.78 is 0. The monoisotopic (exact) mass is 361 g/mol. The molecule has 1 aromatic heterocycles. The highest BCUT2D eigenvalue weighted by molar-refractivity contribution is 7.80. The molecule has 1 N–H and O–H groups in total. The normalized spacial score (nSPS) is 10.8. The maximum Gasteiger partial charge on any atom is 0.173 e. The highest BCUT2D eigenvalue weighted by Crippen LogP contribution is 2.16. The molecule has 1 aromatic carbocycles. The summed E-state index contributed by atoms with van der Waals surface area (Å²) in [6, 6.07) is 12.5.